The molecular weight excluding hydrogens is 295 g/mol. The Morgan fingerprint density at radius 3 is 2.60 bits per heavy atom. The number of benzene rings is 2. The zero-order valence-corrected chi connectivity index (χ0v) is 12.5. The number of esters is 1. The Bertz CT molecular complexity index is 624. The molecule has 0 aliphatic heterocycles. The molecule has 0 saturated carbocycles. The van der Waals surface area contributed by atoms with Crippen LogP contribution in [-0.4, -0.2) is 12.6 Å². The average Bonchev–Trinajstić information content (AvgIpc) is 2.39. The van der Waals surface area contributed by atoms with Gasteiger partial charge in [0.2, 0.25) is 0 Å². The molecule has 0 radical (unpaired) electrons. The normalized spacial score (nSPS) is 10.3. The van der Waals surface area contributed by atoms with Gasteiger partial charge in [0.25, 0.3) is 0 Å². The van der Waals surface area contributed by atoms with E-state index in [1.54, 1.807) is 13.0 Å². The molecule has 0 bridgehead atoms. The van der Waals surface area contributed by atoms with Gasteiger partial charge in [-0.2, -0.15) is 0 Å². The minimum Gasteiger partial charge on any atom is -0.466 e. The Kier molecular flexibility index (Phi) is 5.05. The van der Waals surface area contributed by atoms with Crippen LogP contribution in [0.5, 0.6) is 0 Å². The van der Waals surface area contributed by atoms with Crippen LogP contribution < -0.4 is 0 Å². The Balaban J connectivity index is 2.24. The lowest BCUT2D eigenvalue weighted by molar-refractivity contribution is -0.142. The van der Waals surface area contributed by atoms with Crippen molar-refractivity contribution in [3.05, 3.63) is 58.1 Å². The molecule has 0 aromatic heterocycles. The van der Waals surface area contributed by atoms with Crippen LogP contribution in [0.3, 0.4) is 0 Å². The van der Waals surface area contributed by atoms with Gasteiger partial charge in [0.15, 0.2) is 0 Å². The van der Waals surface area contributed by atoms with E-state index >= 15 is 0 Å². The fourth-order valence-corrected chi connectivity index (χ4v) is 2.44. The van der Waals surface area contributed by atoms with Crippen molar-refractivity contribution in [1.29, 1.82) is 0 Å². The summed E-state index contributed by atoms with van der Waals surface area (Å²) in [5.41, 5.74) is 2.67. The lowest BCUT2D eigenvalue weighted by Gasteiger charge is -2.08. The van der Waals surface area contributed by atoms with Gasteiger partial charge in [-0.15, -0.1) is 0 Å². The summed E-state index contributed by atoms with van der Waals surface area (Å²) >= 11 is 12.3. The molecule has 0 unspecified atom stereocenters. The Labute approximate surface area is 128 Å². The predicted molar refractivity (Wildman–Crippen MR) is 82.2 cm³/mol. The van der Waals surface area contributed by atoms with E-state index in [1.807, 2.05) is 36.4 Å². The lowest BCUT2D eigenvalue weighted by Crippen LogP contribution is -2.07. The van der Waals surface area contributed by atoms with Crippen LogP contribution >= 0.6 is 23.2 Å². The average molecular weight is 309 g/mol. The highest BCUT2D eigenvalue weighted by Crippen LogP contribution is 2.30. The minimum atomic E-state index is -0.251. The molecular formula is C16H14Cl2O2. The second-order valence-corrected chi connectivity index (χ2v) is 5.15. The zero-order valence-electron chi connectivity index (χ0n) is 11.0. The smallest absolute Gasteiger partial charge is 0.310 e. The first-order valence-corrected chi connectivity index (χ1v) is 7.05. The van der Waals surface area contributed by atoms with Crippen LogP contribution in [0.15, 0.2) is 42.5 Å². The van der Waals surface area contributed by atoms with Gasteiger partial charge in [0, 0.05) is 15.6 Å². The Morgan fingerprint density at radius 1 is 1.15 bits per heavy atom. The van der Waals surface area contributed by atoms with Crippen LogP contribution in [0.2, 0.25) is 10.0 Å². The summed E-state index contributed by atoms with van der Waals surface area (Å²) in [7, 11) is 0. The number of halogens is 2. The molecule has 2 nitrogen and oxygen atoms in total. The summed E-state index contributed by atoms with van der Waals surface area (Å²) in [4.78, 5) is 11.4. The topological polar surface area (TPSA) is 26.3 Å². The molecule has 0 atom stereocenters. The van der Waals surface area contributed by atoms with Crippen LogP contribution in [0, 0.1) is 0 Å². The molecule has 0 N–H and O–H groups in total. The fraction of sp³-hybridized carbons (Fsp3) is 0.188. The van der Waals surface area contributed by atoms with Gasteiger partial charge in [0.05, 0.1) is 13.0 Å². The highest BCUT2D eigenvalue weighted by atomic mass is 35.5. The number of hydrogen-bond acceptors (Lipinski definition) is 2. The summed E-state index contributed by atoms with van der Waals surface area (Å²) in [6, 6.07) is 13.0. The van der Waals surface area contributed by atoms with E-state index in [9.17, 15) is 4.79 Å². The van der Waals surface area contributed by atoms with E-state index < -0.39 is 0 Å². The number of rotatable bonds is 4. The minimum absolute atomic E-state index is 0.226. The van der Waals surface area contributed by atoms with Crippen molar-refractivity contribution in [2.45, 2.75) is 13.3 Å². The molecule has 20 heavy (non-hydrogen) atoms. The molecule has 0 amide bonds. The third-order valence-electron chi connectivity index (χ3n) is 2.82. The fourth-order valence-electron chi connectivity index (χ4n) is 1.94. The van der Waals surface area contributed by atoms with Crippen molar-refractivity contribution in [2.75, 3.05) is 6.61 Å². The van der Waals surface area contributed by atoms with Crippen LogP contribution in [0.4, 0.5) is 0 Å². The van der Waals surface area contributed by atoms with Crippen molar-refractivity contribution in [2.24, 2.45) is 0 Å². The molecule has 2 rings (SSSR count). The van der Waals surface area contributed by atoms with Gasteiger partial charge in [0.1, 0.15) is 0 Å². The summed E-state index contributed by atoms with van der Waals surface area (Å²) in [6.45, 7) is 2.17. The van der Waals surface area contributed by atoms with Gasteiger partial charge in [-0.1, -0.05) is 47.5 Å². The van der Waals surface area contributed by atoms with Gasteiger partial charge in [-0.05, 0) is 36.2 Å². The number of hydrogen-bond donors (Lipinski definition) is 0. The monoisotopic (exact) mass is 308 g/mol. The SMILES string of the molecule is CCOC(=O)Cc1ccc(-c2cccc(Cl)c2)c(Cl)c1. The number of ether oxygens (including phenoxy) is 1. The maximum Gasteiger partial charge on any atom is 0.310 e. The maximum atomic E-state index is 11.4. The lowest BCUT2D eigenvalue weighted by atomic mass is 10.0. The molecule has 2 aromatic carbocycles. The van der Waals surface area contributed by atoms with Gasteiger partial charge >= 0.3 is 5.97 Å². The third kappa shape index (κ3) is 3.75. The first-order valence-electron chi connectivity index (χ1n) is 6.30. The van der Waals surface area contributed by atoms with Crippen molar-refractivity contribution < 1.29 is 9.53 Å². The molecule has 0 heterocycles. The van der Waals surface area contributed by atoms with Gasteiger partial charge in [-0.25, -0.2) is 0 Å². The molecule has 0 aliphatic carbocycles. The quantitative estimate of drug-likeness (QED) is 0.761. The summed E-state index contributed by atoms with van der Waals surface area (Å²) in [6.07, 6.45) is 0.226. The van der Waals surface area contributed by atoms with Crippen molar-refractivity contribution in [3.63, 3.8) is 0 Å². The third-order valence-corrected chi connectivity index (χ3v) is 3.37. The Hall–Kier alpha value is -1.51. The van der Waals surface area contributed by atoms with E-state index in [0.29, 0.717) is 16.7 Å². The van der Waals surface area contributed by atoms with E-state index in [-0.39, 0.29) is 12.4 Å². The highest BCUT2D eigenvalue weighted by Gasteiger charge is 2.08. The summed E-state index contributed by atoms with van der Waals surface area (Å²) < 4.78 is 4.92. The van der Waals surface area contributed by atoms with Crippen LogP contribution in [0.1, 0.15) is 12.5 Å². The first kappa shape index (κ1) is 14.9. The molecule has 0 spiro atoms. The van der Waals surface area contributed by atoms with E-state index in [1.165, 1.54) is 0 Å². The maximum absolute atomic E-state index is 11.4. The van der Waals surface area contributed by atoms with Crippen molar-refractivity contribution in [3.8, 4) is 11.1 Å². The second-order valence-electron chi connectivity index (χ2n) is 4.31. The molecule has 0 saturated heterocycles. The number of carbonyl (C=O) groups is 1. The first-order chi connectivity index (χ1) is 9.60. The summed E-state index contributed by atoms with van der Waals surface area (Å²) in [5, 5.41) is 1.25. The molecule has 0 aliphatic rings. The molecule has 0 fully saturated rings. The van der Waals surface area contributed by atoms with E-state index in [2.05, 4.69) is 0 Å². The zero-order chi connectivity index (χ0) is 14.5. The van der Waals surface area contributed by atoms with Crippen molar-refractivity contribution in [1.82, 2.24) is 0 Å². The van der Waals surface area contributed by atoms with Crippen LogP contribution in [0.25, 0.3) is 11.1 Å². The van der Waals surface area contributed by atoms with E-state index in [4.69, 9.17) is 27.9 Å². The highest BCUT2D eigenvalue weighted by molar-refractivity contribution is 6.34. The molecule has 2 aromatic rings. The summed E-state index contributed by atoms with van der Waals surface area (Å²) in [5.74, 6) is -0.251. The standard InChI is InChI=1S/C16H14Cl2O2/c1-2-20-16(19)9-11-6-7-14(15(18)8-11)12-4-3-5-13(17)10-12/h3-8,10H,2,9H2,1H3. The van der Waals surface area contributed by atoms with E-state index in [0.717, 1.165) is 16.7 Å². The van der Waals surface area contributed by atoms with Gasteiger partial charge < -0.3 is 4.74 Å². The Morgan fingerprint density at radius 2 is 1.95 bits per heavy atom. The predicted octanol–water partition coefficient (Wildman–Crippen LogP) is 4.77. The van der Waals surface area contributed by atoms with Gasteiger partial charge in [-0.3, -0.25) is 4.79 Å². The molecule has 104 valence electrons. The largest absolute Gasteiger partial charge is 0.466 e. The number of carbonyl (C=O) groups excluding carboxylic acids is 1. The molecule has 4 heteroatoms. The second kappa shape index (κ2) is 6.78. The van der Waals surface area contributed by atoms with Crippen molar-refractivity contribution >= 4 is 29.2 Å². The van der Waals surface area contributed by atoms with Crippen LogP contribution in [-0.2, 0) is 16.0 Å².